The molecule has 3 heteroatoms. The number of hydrogen-bond acceptors (Lipinski definition) is 2. The van der Waals surface area contributed by atoms with Gasteiger partial charge in [-0.25, -0.2) is 4.79 Å². The average molecular weight is 473 g/mol. The van der Waals surface area contributed by atoms with Crippen molar-refractivity contribution in [1.82, 2.24) is 0 Å². The van der Waals surface area contributed by atoms with Crippen LogP contribution < -0.4 is 4.74 Å². The predicted molar refractivity (Wildman–Crippen MR) is 143 cm³/mol. The molecule has 0 spiro atoms. The fraction of sp³-hybridized carbons (Fsp3) is 0.531. The van der Waals surface area contributed by atoms with Crippen LogP contribution in [0, 0.1) is 17.8 Å². The van der Waals surface area contributed by atoms with Gasteiger partial charge in [0.25, 0.3) is 0 Å². The van der Waals surface area contributed by atoms with E-state index in [0.29, 0.717) is 11.0 Å². The van der Waals surface area contributed by atoms with Crippen LogP contribution >= 0.6 is 0 Å². The Kier molecular flexibility index (Phi) is 7.32. The zero-order valence-corrected chi connectivity index (χ0v) is 21.2. The van der Waals surface area contributed by atoms with Crippen molar-refractivity contribution in [3.63, 3.8) is 0 Å². The zero-order chi connectivity index (χ0) is 24.3. The van der Waals surface area contributed by atoms with E-state index in [2.05, 4.69) is 37.3 Å². The summed E-state index contributed by atoms with van der Waals surface area (Å²) in [6.07, 6.45) is 18.8. The molecule has 3 nitrogen and oxygen atoms in total. The second kappa shape index (κ2) is 10.6. The van der Waals surface area contributed by atoms with Crippen LogP contribution in [0.3, 0.4) is 0 Å². The third-order valence-corrected chi connectivity index (χ3v) is 8.75. The summed E-state index contributed by atoms with van der Waals surface area (Å²) in [6.45, 7) is 3.06. The van der Waals surface area contributed by atoms with E-state index in [0.717, 1.165) is 47.7 Å². The molecule has 1 N–H and O–H groups in total. The van der Waals surface area contributed by atoms with Gasteiger partial charge in [-0.3, -0.25) is 0 Å². The summed E-state index contributed by atoms with van der Waals surface area (Å²) >= 11 is 0. The first-order valence-corrected chi connectivity index (χ1v) is 13.8. The van der Waals surface area contributed by atoms with E-state index in [1.165, 1.54) is 69.8 Å². The van der Waals surface area contributed by atoms with Crippen molar-refractivity contribution >= 4 is 18.1 Å². The van der Waals surface area contributed by atoms with Gasteiger partial charge >= 0.3 is 5.97 Å². The average Bonchev–Trinajstić information content (AvgIpc) is 2.84. The second-order valence-electron chi connectivity index (χ2n) is 11.5. The van der Waals surface area contributed by atoms with Crippen LogP contribution in [0.15, 0.2) is 42.5 Å². The fourth-order valence-corrected chi connectivity index (χ4v) is 7.46. The van der Waals surface area contributed by atoms with E-state index in [-0.39, 0.29) is 0 Å². The molecule has 4 fully saturated rings. The Morgan fingerprint density at radius 2 is 1.49 bits per heavy atom. The van der Waals surface area contributed by atoms with Crippen molar-refractivity contribution in [2.24, 2.45) is 17.8 Å². The van der Waals surface area contributed by atoms with Crippen LogP contribution in [0.1, 0.15) is 105 Å². The summed E-state index contributed by atoms with van der Waals surface area (Å²) in [7, 11) is 0. The Balaban J connectivity index is 1.36. The van der Waals surface area contributed by atoms with Crippen molar-refractivity contribution in [1.29, 1.82) is 0 Å². The standard InChI is InChI=1S/C32H40O3/c1-2-3-4-5-6-15-35-30-19-24(8-7-23-9-12-28(13-10-23)31(33)34)11-14-29(30)32-20-25-16-26(21-32)18-27(17-25)22-32/h7-14,19,25-27H,2-6,15-18,20-22H2,1H3,(H,33,34). The molecule has 4 aliphatic carbocycles. The molecular formula is C32H40O3. The summed E-state index contributed by atoms with van der Waals surface area (Å²) in [4.78, 5) is 11.1. The van der Waals surface area contributed by atoms with Crippen molar-refractivity contribution in [2.75, 3.05) is 6.61 Å². The molecule has 6 rings (SSSR count). The quantitative estimate of drug-likeness (QED) is 0.264. The normalized spacial score (nSPS) is 26.9. The predicted octanol–water partition coefficient (Wildman–Crippen LogP) is 8.37. The molecule has 0 amide bonds. The maximum Gasteiger partial charge on any atom is 0.335 e. The number of aromatic carboxylic acids is 1. The van der Waals surface area contributed by atoms with Gasteiger partial charge in [0.15, 0.2) is 0 Å². The number of rotatable bonds is 11. The van der Waals surface area contributed by atoms with Crippen molar-refractivity contribution in [2.45, 2.75) is 83.0 Å². The molecule has 0 heterocycles. The first-order valence-electron chi connectivity index (χ1n) is 13.8. The number of carboxylic acid groups (broad SMARTS) is 1. The second-order valence-corrected chi connectivity index (χ2v) is 11.5. The summed E-state index contributed by atoms with van der Waals surface area (Å²) < 4.78 is 6.54. The minimum atomic E-state index is -0.891. The molecule has 0 unspecified atom stereocenters. The number of unbranched alkanes of at least 4 members (excludes halogenated alkanes) is 4. The molecule has 0 radical (unpaired) electrons. The first kappa shape index (κ1) is 24.2. The van der Waals surface area contributed by atoms with E-state index >= 15 is 0 Å². The Labute approximate surface area is 210 Å². The van der Waals surface area contributed by atoms with Gasteiger partial charge < -0.3 is 9.84 Å². The van der Waals surface area contributed by atoms with Gasteiger partial charge in [0.1, 0.15) is 5.75 Å². The van der Waals surface area contributed by atoms with Gasteiger partial charge in [-0.15, -0.1) is 0 Å². The Morgan fingerprint density at radius 1 is 0.886 bits per heavy atom. The lowest BCUT2D eigenvalue weighted by Crippen LogP contribution is -2.48. The van der Waals surface area contributed by atoms with E-state index in [1.807, 2.05) is 12.1 Å². The topological polar surface area (TPSA) is 46.5 Å². The third-order valence-electron chi connectivity index (χ3n) is 8.75. The number of ether oxygens (including phenoxy) is 1. The SMILES string of the molecule is CCCCCCCOc1cc(C=Cc2ccc(C(=O)O)cc2)ccc1C12CC3CC(CC(C3)C1)C2. The van der Waals surface area contributed by atoms with Crippen LogP contribution in [-0.2, 0) is 5.41 Å². The number of carboxylic acids is 1. The Morgan fingerprint density at radius 3 is 2.11 bits per heavy atom. The lowest BCUT2D eigenvalue weighted by molar-refractivity contribution is -0.00640. The summed E-state index contributed by atoms with van der Waals surface area (Å²) in [5, 5.41) is 9.13. The summed E-state index contributed by atoms with van der Waals surface area (Å²) in [5.41, 5.74) is 4.24. The maximum absolute atomic E-state index is 11.1. The Hall–Kier alpha value is -2.55. The highest BCUT2D eigenvalue weighted by atomic mass is 16.5. The van der Waals surface area contributed by atoms with Crippen LogP contribution in [0.5, 0.6) is 5.75 Å². The van der Waals surface area contributed by atoms with E-state index in [1.54, 1.807) is 12.1 Å². The lowest BCUT2D eigenvalue weighted by Gasteiger charge is -2.57. The molecule has 186 valence electrons. The van der Waals surface area contributed by atoms with E-state index < -0.39 is 5.97 Å². The third kappa shape index (κ3) is 5.50. The highest BCUT2D eigenvalue weighted by Crippen LogP contribution is 2.61. The Bertz CT molecular complexity index is 1010. The molecule has 0 saturated heterocycles. The highest BCUT2D eigenvalue weighted by molar-refractivity contribution is 5.88. The fourth-order valence-electron chi connectivity index (χ4n) is 7.46. The smallest absolute Gasteiger partial charge is 0.335 e. The van der Waals surface area contributed by atoms with Crippen molar-refractivity contribution < 1.29 is 14.6 Å². The molecule has 4 bridgehead atoms. The minimum Gasteiger partial charge on any atom is -0.493 e. The first-order chi connectivity index (χ1) is 17.0. The summed E-state index contributed by atoms with van der Waals surface area (Å²) in [5.74, 6) is 2.95. The molecule has 0 atom stereocenters. The van der Waals surface area contributed by atoms with Crippen LogP contribution in [0.25, 0.3) is 12.2 Å². The van der Waals surface area contributed by atoms with Gasteiger partial charge in [0.2, 0.25) is 0 Å². The molecule has 2 aromatic rings. The monoisotopic (exact) mass is 472 g/mol. The van der Waals surface area contributed by atoms with E-state index in [9.17, 15) is 4.79 Å². The molecule has 4 aliphatic rings. The maximum atomic E-state index is 11.1. The molecule has 35 heavy (non-hydrogen) atoms. The minimum absolute atomic E-state index is 0.316. The molecule has 0 aliphatic heterocycles. The van der Waals surface area contributed by atoms with Crippen molar-refractivity contribution in [3.8, 4) is 5.75 Å². The van der Waals surface area contributed by atoms with E-state index in [4.69, 9.17) is 9.84 Å². The van der Waals surface area contributed by atoms with Crippen molar-refractivity contribution in [3.05, 3.63) is 64.7 Å². The lowest BCUT2D eigenvalue weighted by atomic mass is 9.48. The van der Waals surface area contributed by atoms with Gasteiger partial charge in [0, 0.05) is 5.56 Å². The zero-order valence-electron chi connectivity index (χ0n) is 21.2. The highest BCUT2D eigenvalue weighted by Gasteiger charge is 2.52. The van der Waals surface area contributed by atoms with Gasteiger partial charge in [-0.05, 0) is 97.4 Å². The van der Waals surface area contributed by atoms with Crippen LogP contribution in [-0.4, -0.2) is 17.7 Å². The molecule has 4 saturated carbocycles. The molecular weight excluding hydrogens is 432 g/mol. The van der Waals surface area contributed by atoms with Gasteiger partial charge in [0.05, 0.1) is 12.2 Å². The van der Waals surface area contributed by atoms with Gasteiger partial charge in [-0.2, -0.15) is 0 Å². The number of hydrogen-bond donors (Lipinski definition) is 1. The van der Waals surface area contributed by atoms with Gasteiger partial charge in [-0.1, -0.05) is 69.0 Å². The number of carbonyl (C=O) groups is 1. The molecule has 0 aromatic heterocycles. The molecule has 2 aromatic carbocycles. The number of benzene rings is 2. The van der Waals surface area contributed by atoms with Crippen LogP contribution in [0.4, 0.5) is 0 Å². The largest absolute Gasteiger partial charge is 0.493 e. The summed E-state index contributed by atoms with van der Waals surface area (Å²) in [6, 6.07) is 13.9. The van der Waals surface area contributed by atoms with Crippen LogP contribution in [0.2, 0.25) is 0 Å².